The normalized spacial score (nSPS) is 28.6. The van der Waals surface area contributed by atoms with E-state index in [0.717, 1.165) is 6.42 Å². The molecule has 1 aliphatic carbocycles. The number of carbonyl (C=O) groups is 1. The van der Waals surface area contributed by atoms with Gasteiger partial charge in [0.1, 0.15) is 0 Å². The summed E-state index contributed by atoms with van der Waals surface area (Å²) < 4.78 is 23.0. The van der Waals surface area contributed by atoms with Gasteiger partial charge in [0.25, 0.3) is 0 Å². The average molecular weight is 329 g/mol. The lowest BCUT2D eigenvalue weighted by Gasteiger charge is -2.11. The van der Waals surface area contributed by atoms with Gasteiger partial charge in [-0.25, -0.2) is 8.42 Å². The first-order valence-corrected chi connectivity index (χ1v) is 9.84. The maximum Gasteiger partial charge on any atom is 0.223 e. The van der Waals surface area contributed by atoms with Crippen LogP contribution in [0.2, 0.25) is 0 Å². The summed E-state index contributed by atoms with van der Waals surface area (Å²) in [6.45, 7) is 0. The molecule has 0 aromatic heterocycles. The minimum atomic E-state index is -2.96. The third-order valence-electron chi connectivity index (χ3n) is 4.93. The molecule has 0 bridgehead atoms. The summed E-state index contributed by atoms with van der Waals surface area (Å²) in [4.78, 5) is 12.4. The highest BCUT2D eigenvalue weighted by Crippen LogP contribution is 2.49. The molecule has 1 heterocycles. The minimum Gasteiger partial charge on any atom is -0.352 e. The van der Waals surface area contributed by atoms with Gasteiger partial charge in [0.05, 0.1) is 11.5 Å². The molecule has 1 saturated carbocycles. The van der Waals surface area contributed by atoms with Gasteiger partial charge in [-0.3, -0.25) is 4.79 Å². The van der Waals surface area contributed by atoms with Gasteiger partial charge in [-0.15, -0.1) is 0 Å². The highest BCUT2D eigenvalue weighted by molar-refractivity contribution is 7.91. The molecule has 2 fully saturated rings. The maximum atomic E-state index is 12.4. The van der Waals surface area contributed by atoms with Crippen LogP contribution in [0.15, 0.2) is 42.5 Å². The standard InChI is InChI=1S/C18H19NO3S/c20-18(19-13-8-9-23(21,22)11-13)17-10-16(17)15-7-3-5-12-4-1-2-6-14(12)15/h1-7,13,16-17H,8-11H2,(H,19,20)/t13-,16+,17-/m1/s1. The summed E-state index contributed by atoms with van der Waals surface area (Å²) in [5.74, 6) is 0.507. The van der Waals surface area contributed by atoms with Crippen LogP contribution >= 0.6 is 0 Å². The maximum absolute atomic E-state index is 12.4. The number of nitrogens with one attached hydrogen (secondary N) is 1. The van der Waals surface area contributed by atoms with Crippen LogP contribution in [-0.2, 0) is 14.6 Å². The molecule has 4 rings (SSSR count). The van der Waals surface area contributed by atoms with E-state index >= 15 is 0 Å². The third kappa shape index (κ3) is 2.85. The molecular weight excluding hydrogens is 310 g/mol. The van der Waals surface area contributed by atoms with Gasteiger partial charge in [0, 0.05) is 12.0 Å². The van der Waals surface area contributed by atoms with E-state index in [1.54, 1.807) is 0 Å². The SMILES string of the molecule is O=C(N[C@@H]1CCS(=O)(=O)C1)[C@@H]1C[C@H]1c1cccc2ccccc12. The zero-order chi connectivity index (χ0) is 16.0. The zero-order valence-corrected chi connectivity index (χ0v) is 13.6. The number of sulfone groups is 1. The van der Waals surface area contributed by atoms with Crippen LogP contribution in [0.1, 0.15) is 24.3 Å². The lowest BCUT2D eigenvalue weighted by atomic mass is 10.00. The van der Waals surface area contributed by atoms with Crippen molar-refractivity contribution in [2.24, 2.45) is 5.92 Å². The predicted octanol–water partition coefficient (Wildman–Crippen LogP) is 2.25. The Morgan fingerprint density at radius 1 is 1.09 bits per heavy atom. The third-order valence-corrected chi connectivity index (χ3v) is 6.70. The summed E-state index contributed by atoms with van der Waals surface area (Å²) in [5.41, 5.74) is 1.22. The topological polar surface area (TPSA) is 63.2 Å². The first-order chi connectivity index (χ1) is 11.0. The zero-order valence-electron chi connectivity index (χ0n) is 12.7. The van der Waals surface area contributed by atoms with E-state index < -0.39 is 9.84 Å². The summed E-state index contributed by atoms with van der Waals surface area (Å²) in [5, 5.41) is 5.33. The Kier molecular flexibility index (Phi) is 3.41. The molecule has 0 spiro atoms. The molecule has 1 amide bonds. The van der Waals surface area contributed by atoms with Crippen LogP contribution in [0.4, 0.5) is 0 Å². The van der Waals surface area contributed by atoms with E-state index in [4.69, 9.17) is 0 Å². The van der Waals surface area contributed by atoms with Crippen LogP contribution < -0.4 is 5.32 Å². The van der Waals surface area contributed by atoms with E-state index in [9.17, 15) is 13.2 Å². The van der Waals surface area contributed by atoms with Crippen molar-refractivity contribution >= 4 is 26.5 Å². The highest BCUT2D eigenvalue weighted by Gasteiger charge is 2.45. The lowest BCUT2D eigenvalue weighted by molar-refractivity contribution is -0.122. The van der Waals surface area contributed by atoms with E-state index in [1.165, 1.54) is 16.3 Å². The summed E-state index contributed by atoms with van der Waals surface area (Å²) in [6, 6.07) is 14.2. The second kappa shape index (κ2) is 5.34. The van der Waals surface area contributed by atoms with E-state index in [1.807, 2.05) is 18.2 Å². The van der Waals surface area contributed by atoms with Crippen molar-refractivity contribution in [2.45, 2.75) is 24.8 Å². The Labute approximate surface area is 135 Å². The summed E-state index contributed by atoms with van der Waals surface area (Å²) in [7, 11) is -2.96. The number of benzene rings is 2. The van der Waals surface area contributed by atoms with Crippen molar-refractivity contribution in [3.05, 3.63) is 48.0 Å². The molecule has 1 aliphatic heterocycles. The average Bonchev–Trinajstić information content (AvgIpc) is 3.26. The fourth-order valence-corrected chi connectivity index (χ4v) is 5.29. The summed E-state index contributed by atoms with van der Waals surface area (Å²) in [6.07, 6.45) is 1.39. The van der Waals surface area contributed by atoms with Gasteiger partial charge < -0.3 is 5.32 Å². The number of fused-ring (bicyclic) bond motifs is 1. The Morgan fingerprint density at radius 3 is 2.65 bits per heavy atom. The smallest absolute Gasteiger partial charge is 0.223 e. The van der Waals surface area contributed by atoms with E-state index in [-0.39, 0.29) is 35.3 Å². The van der Waals surface area contributed by atoms with Crippen LogP contribution in [0.5, 0.6) is 0 Å². The second-order valence-corrected chi connectivity index (χ2v) is 8.85. The van der Waals surface area contributed by atoms with Gasteiger partial charge >= 0.3 is 0 Å². The summed E-state index contributed by atoms with van der Waals surface area (Å²) >= 11 is 0. The lowest BCUT2D eigenvalue weighted by Crippen LogP contribution is -2.36. The van der Waals surface area contributed by atoms with Crippen LogP contribution in [-0.4, -0.2) is 31.9 Å². The Hall–Kier alpha value is -1.88. The Morgan fingerprint density at radius 2 is 1.87 bits per heavy atom. The van der Waals surface area contributed by atoms with Crippen LogP contribution in [0, 0.1) is 5.92 Å². The molecule has 0 radical (unpaired) electrons. The van der Waals surface area contributed by atoms with E-state index in [0.29, 0.717) is 6.42 Å². The molecular formula is C18H19NO3S. The molecule has 120 valence electrons. The molecule has 4 nitrogen and oxygen atoms in total. The van der Waals surface area contributed by atoms with Gasteiger partial charge in [-0.2, -0.15) is 0 Å². The molecule has 23 heavy (non-hydrogen) atoms. The van der Waals surface area contributed by atoms with Crippen molar-refractivity contribution in [1.29, 1.82) is 0 Å². The monoisotopic (exact) mass is 329 g/mol. The predicted molar refractivity (Wildman–Crippen MR) is 90.0 cm³/mol. The quantitative estimate of drug-likeness (QED) is 0.939. The number of hydrogen-bond donors (Lipinski definition) is 1. The molecule has 0 unspecified atom stereocenters. The first-order valence-electron chi connectivity index (χ1n) is 8.02. The fourth-order valence-electron chi connectivity index (χ4n) is 3.62. The molecule has 1 N–H and O–H groups in total. The van der Waals surface area contributed by atoms with E-state index in [2.05, 4.69) is 29.6 Å². The Balaban J connectivity index is 1.48. The van der Waals surface area contributed by atoms with Gasteiger partial charge in [-0.05, 0) is 35.1 Å². The van der Waals surface area contributed by atoms with Gasteiger partial charge in [0.15, 0.2) is 9.84 Å². The van der Waals surface area contributed by atoms with Crippen LogP contribution in [0.3, 0.4) is 0 Å². The fraction of sp³-hybridized carbons (Fsp3) is 0.389. The van der Waals surface area contributed by atoms with Gasteiger partial charge in [-0.1, -0.05) is 42.5 Å². The molecule has 2 aromatic carbocycles. The van der Waals surface area contributed by atoms with Crippen molar-refractivity contribution in [3.8, 4) is 0 Å². The van der Waals surface area contributed by atoms with Crippen molar-refractivity contribution in [3.63, 3.8) is 0 Å². The molecule has 5 heteroatoms. The molecule has 2 aromatic rings. The highest BCUT2D eigenvalue weighted by atomic mass is 32.2. The molecule has 3 atom stereocenters. The minimum absolute atomic E-state index is 0.00466. The molecule has 2 aliphatic rings. The van der Waals surface area contributed by atoms with Crippen molar-refractivity contribution in [2.75, 3.05) is 11.5 Å². The largest absolute Gasteiger partial charge is 0.352 e. The van der Waals surface area contributed by atoms with Crippen LogP contribution in [0.25, 0.3) is 10.8 Å². The number of amides is 1. The Bertz CT molecular complexity index is 869. The first kappa shape index (κ1) is 14.7. The second-order valence-electron chi connectivity index (χ2n) is 6.63. The van der Waals surface area contributed by atoms with Gasteiger partial charge in [0.2, 0.25) is 5.91 Å². The number of carbonyl (C=O) groups excluding carboxylic acids is 1. The van der Waals surface area contributed by atoms with Crippen molar-refractivity contribution in [1.82, 2.24) is 5.32 Å². The number of rotatable bonds is 3. The number of hydrogen-bond acceptors (Lipinski definition) is 3. The molecule has 1 saturated heterocycles. The van der Waals surface area contributed by atoms with Crippen molar-refractivity contribution < 1.29 is 13.2 Å².